The van der Waals surface area contributed by atoms with Gasteiger partial charge in [-0.25, -0.2) is 0 Å². The van der Waals surface area contributed by atoms with E-state index in [1.54, 1.807) is 0 Å². The molecule has 0 aromatic carbocycles. The maximum absolute atomic E-state index is 10.9. The van der Waals surface area contributed by atoms with Crippen molar-refractivity contribution in [1.82, 2.24) is 0 Å². The molecule has 0 bridgehead atoms. The molecule has 0 saturated heterocycles. The first kappa shape index (κ1) is 29.2. The Balaban J connectivity index is -0.0000000675. The summed E-state index contributed by atoms with van der Waals surface area (Å²) in [6.07, 6.45) is -11.6. The summed E-state index contributed by atoms with van der Waals surface area (Å²) in [5, 5.41) is 0. The molecule has 0 aromatic rings. The van der Waals surface area contributed by atoms with Gasteiger partial charge in [0.15, 0.2) is 0 Å². The van der Waals surface area contributed by atoms with Crippen molar-refractivity contribution in [2.24, 2.45) is 0 Å². The third kappa shape index (κ3) is 9.18. The average Bonchev–Trinajstić information content (AvgIpc) is 1.59. The van der Waals surface area contributed by atoms with E-state index in [1.807, 2.05) is 0 Å². The summed E-state index contributed by atoms with van der Waals surface area (Å²) in [5.41, 5.74) is 0. The van der Waals surface area contributed by atoms with Gasteiger partial charge in [-0.05, 0) is 0 Å². The van der Waals surface area contributed by atoms with Crippen molar-refractivity contribution >= 4 is 5.78 Å². The molecule has 0 radical (unpaired) electrons. The van der Waals surface area contributed by atoms with Crippen LogP contribution < -0.4 is 0 Å². The van der Waals surface area contributed by atoms with E-state index in [0.717, 1.165) is 0 Å². The van der Waals surface area contributed by atoms with Crippen molar-refractivity contribution < 1.29 is 53.0 Å². The summed E-state index contributed by atoms with van der Waals surface area (Å²) in [6, 6.07) is 0. The van der Waals surface area contributed by atoms with E-state index in [2.05, 4.69) is 0 Å². The van der Waals surface area contributed by atoms with Crippen molar-refractivity contribution in [3.63, 3.8) is 0 Å². The van der Waals surface area contributed by atoms with E-state index < -0.39 is 18.1 Å². The fourth-order valence-electron chi connectivity index (χ4n) is 0.161. The highest BCUT2D eigenvalue weighted by molar-refractivity contribution is 5.89. The molecular weight excluding hydrogens is 230 g/mol. The molecule has 92 valence electrons. The van der Waals surface area contributed by atoms with Gasteiger partial charge >= 0.3 is 18.1 Å². The second kappa shape index (κ2) is 7.49. The molecular formula is C3H8F6O5. The number of Topliss-reactive ketones (excluding diaryl/α,β-unsaturated/α-hetero) is 1. The van der Waals surface area contributed by atoms with Crippen LogP contribution in [0.3, 0.4) is 0 Å². The predicted octanol–water partition coefficient (Wildman–Crippen LogP) is -1.62. The monoisotopic (exact) mass is 238 g/mol. The zero-order valence-corrected chi connectivity index (χ0v) is 6.18. The van der Waals surface area contributed by atoms with Gasteiger partial charge < -0.3 is 21.9 Å². The van der Waals surface area contributed by atoms with E-state index in [-0.39, 0.29) is 21.9 Å². The minimum absolute atomic E-state index is 0. The van der Waals surface area contributed by atoms with Crippen LogP contribution in [0, 0.1) is 0 Å². The largest absolute Gasteiger partial charge is 0.459 e. The summed E-state index contributed by atoms with van der Waals surface area (Å²) in [6.45, 7) is 0. The summed E-state index contributed by atoms with van der Waals surface area (Å²) in [5.74, 6) is -3.68. The van der Waals surface area contributed by atoms with Gasteiger partial charge in [0.05, 0.1) is 0 Å². The SMILES string of the molecule is O.O.O.O.O=C(C(F)(F)F)C(F)(F)F. The number of hydrogen-bond donors (Lipinski definition) is 0. The molecule has 0 amide bonds. The second-order valence-electron chi connectivity index (χ2n) is 1.32. The lowest BCUT2D eigenvalue weighted by Gasteiger charge is -2.06. The van der Waals surface area contributed by atoms with Gasteiger partial charge in [0.1, 0.15) is 0 Å². The highest BCUT2D eigenvalue weighted by Crippen LogP contribution is 2.28. The Bertz CT molecular complexity index is 133. The van der Waals surface area contributed by atoms with E-state index in [0.29, 0.717) is 0 Å². The molecule has 0 heterocycles. The Morgan fingerprint density at radius 3 is 0.786 bits per heavy atom. The summed E-state index contributed by atoms with van der Waals surface area (Å²) < 4.78 is 65.3. The molecule has 0 aliphatic carbocycles. The number of rotatable bonds is 0. The standard InChI is InChI=1S/C3F6O.4H2O/c4-2(5,6)1(10)3(7,8)9;;;;/h;4*1H2. The lowest BCUT2D eigenvalue weighted by molar-refractivity contribution is -0.217. The Labute approximate surface area is 72.5 Å². The molecule has 0 rings (SSSR count). The Kier molecular flexibility index (Phi) is 15.6. The minimum atomic E-state index is -5.82. The first-order valence-corrected chi connectivity index (χ1v) is 1.84. The Morgan fingerprint density at radius 2 is 0.786 bits per heavy atom. The van der Waals surface area contributed by atoms with Crippen LogP contribution in [0.15, 0.2) is 0 Å². The molecule has 14 heavy (non-hydrogen) atoms. The smallest absolute Gasteiger partial charge is 0.412 e. The van der Waals surface area contributed by atoms with Crippen LogP contribution in [-0.4, -0.2) is 40.0 Å². The van der Waals surface area contributed by atoms with Gasteiger partial charge in [-0.1, -0.05) is 0 Å². The highest BCUT2D eigenvalue weighted by atomic mass is 19.4. The summed E-state index contributed by atoms with van der Waals surface area (Å²) >= 11 is 0. The Hall–Kier alpha value is -0.910. The molecule has 11 heteroatoms. The normalized spacial score (nSPS) is 9.57. The van der Waals surface area contributed by atoms with Crippen LogP contribution in [0.4, 0.5) is 26.3 Å². The van der Waals surface area contributed by atoms with Crippen molar-refractivity contribution in [3.8, 4) is 0 Å². The van der Waals surface area contributed by atoms with E-state index in [1.165, 1.54) is 0 Å². The third-order valence-electron chi connectivity index (χ3n) is 0.515. The van der Waals surface area contributed by atoms with Crippen molar-refractivity contribution in [2.45, 2.75) is 12.4 Å². The number of carbonyl (C=O) groups is 1. The second-order valence-corrected chi connectivity index (χ2v) is 1.32. The molecule has 0 aromatic heterocycles. The summed E-state index contributed by atoms with van der Waals surface area (Å²) in [4.78, 5) is 9.24. The van der Waals surface area contributed by atoms with E-state index >= 15 is 0 Å². The average molecular weight is 238 g/mol. The van der Waals surface area contributed by atoms with Crippen LogP contribution in [0.2, 0.25) is 0 Å². The molecule has 5 nitrogen and oxygen atoms in total. The number of ketones is 1. The number of carbonyl (C=O) groups excluding carboxylic acids is 1. The maximum Gasteiger partial charge on any atom is 0.459 e. The van der Waals surface area contributed by atoms with E-state index in [9.17, 15) is 31.1 Å². The Morgan fingerprint density at radius 1 is 0.643 bits per heavy atom. The molecule has 8 N–H and O–H groups in total. The van der Waals surface area contributed by atoms with Crippen molar-refractivity contribution in [3.05, 3.63) is 0 Å². The van der Waals surface area contributed by atoms with Crippen LogP contribution >= 0.6 is 0 Å². The van der Waals surface area contributed by atoms with Crippen molar-refractivity contribution in [2.75, 3.05) is 0 Å². The van der Waals surface area contributed by atoms with Gasteiger partial charge in [0, 0.05) is 0 Å². The molecule has 0 atom stereocenters. The summed E-state index contributed by atoms with van der Waals surface area (Å²) in [7, 11) is 0. The molecule has 0 saturated carbocycles. The third-order valence-corrected chi connectivity index (χ3v) is 0.515. The van der Waals surface area contributed by atoms with Gasteiger partial charge in [0.25, 0.3) is 0 Å². The number of alkyl halides is 6. The first-order chi connectivity index (χ1) is 4.15. The lowest BCUT2D eigenvalue weighted by Crippen LogP contribution is -2.36. The lowest BCUT2D eigenvalue weighted by atomic mass is 10.4. The highest BCUT2D eigenvalue weighted by Gasteiger charge is 2.55. The van der Waals surface area contributed by atoms with E-state index in [4.69, 9.17) is 0 Å². The van der Waals surface area contributed by atoms with Crippen molar-refractivity contribution in [1.29, 1.82) is 0 Å². The fraction of sp³-hybridized carbons (Fsp3) is 0.667. The zero-order valence-electron chi connectivity index (χ0n) is 6.18. The maximum atomic E-state index is 10.9. The number of halogens is 6. The zero-order chi connectivity index (χ0) is 8.58. The number of hydrogen-bond acceptors (Lipinski definition) is 1. The first-order valence-electron chi connectivity index (χ1n) is 1.84. The van der Waals surface area contributed by atoms with Gasteiger partial charge in [-0.3, -0.25) is 4.79 Å². The molecule has 0 fully saturated rings. The quantitative estimate of drug-likeness (QED) is 0.459. The van der Waals surface area contributed by atoms with Crippen LogP contribution in [0.25, 0.3) is 0 Å². The fourth-order valence-corrected chi connectivity index (χ4v) is 0.161. The molecule has 0 unspecified atom stereocenters. The topological polar surface area (TPSA) is 143 Å². The molecule has 0 aliphatic heterocycles. The van der Waals surface area contributed by atoms with Crippen LogP contribution in [-0.2, 0) is 4.79 Å². The minimum Gasteiger partial charge on any atom is -0.412 e. The van der Waals surface area contributed by atoms with Crippen LogP contribution in [0.1, 0.15) is 0 Å². The van der Waals surface area contributed by atoms with Gasteiger partial charge in [0.2, 0.25) is 0 Å². The molecule has 0 aliphatic rings. The van der Waals surface area contributed by atoms with Crippen LogP contribution in [0.5, 0.6) is 0 Å². The molecule has 0 spiro atoms. The van der Waals surface area contributed by atoms with Gasteiger partial charge in [-0.15, -0.1) is 0 Å². The van der Waals surface area contributed by atoms with Gasteiger partial charge in [-0.2, -0.15) is 26.3 Å². The predicted molar refractivity (Wildman–Crippen MR) is 31.6 cm³/mol.